The van der Waals surface area contributed by atoms with Crippen molar-refractivity contribution in [1.29, 1.82) is 0 Å². The van der Waals surface area contributed by atoms with E-state index >= 15 is 0 Å². The van der Waals surface area contributed by atoms with Crippen LogP contribution < -0.4 is 4.74 Å². The molecule has 0 amide bonds. The Balaban J connectivity index is 2.42. The molecule has 0 unspecified atom stereocenters. The number of carbonyl (C=O) groups is 1. The second-order valence-corrected chi connectivity index (χ2v) is 4.74. The SMILES string of the molecule is CO[C@@]1(C)Oc2cc(O)cc3cc(C)nc(c23)C1=O. The number of carbonyl (C=O) groups excluding carboxylic acids is 1. The maximum absolute atomic E-state index is 12.4. The molecule has 1 aliphatic heterocycles. The summed E-state index contributed by atoms with van der Waals surface area (Å²) < 4.78 is 10.8. The number of hydrogen-bond acceptors (Lipinski definition) is 5. The molecule has 0 radical (unpaired) electrons. The quantitative estimate of drug-likeness (QED) is 0.850. The summed E-state index contributed by atoms with van der Waals surface area (Å²) in [6.45, 7) is 3.34. The maximum Gasteiger partial charge on any atom is 0.273 e. The molecule has 98 valence electrons. The summed E-state index contributed by atoms with van der Waals surface area (Å²) in [6, 6.07) is 4.85. The summed E-state index contributed by atoms with van der Waals surface area (Å²) in [4.78, 5) is 16.7. The molecule has 1 aromatic carbocycles. The van der Waals surface area contributed by atoms with Gasteiger partial charge < -0.3 is 14.6 Å². The topological polar surface area (TPSA) is 68.7 Å². The summed E-state index contributed by atoms with van der Waals surface area (Å²) in [5.41, 5.74) is 1.02. The Morgan fingerprint density at radius 1 is 1.37 bits per heavy atom. The Kier molecular flexibility index (Phi) is 2.31. The smallest absolute Gasteiger partial charge is 0.273 e. The van der Waals surface area contributed by atoms with E-state index in [1.807, 2.05) is 0 Å². The minimum atomic E-state index is -1.41. The van der Waals surface area contributed by atoms with Gasteiger partial charge in [-0.3, -0.25) is 4.79 Å². The zero-order valence-electron chi connectivity index (χ0n) is 10.9. The molecule has 2 aromatic rings. The Morgan fingerprint density at radius 3 is 2.79 bits per heavy atom. The molecule has 1 N–H and O–H groups in total. The van der Waals surface area contributed by atoms with E-state index in [0.29, 0.717) is 22.5 Å². The van der Waals surface area contributed by atoms with Crippen molar-refractivity contribution in [3.8, 4) is 11.5 Å². The van der Waals surface area contributed by atoms with Crippen molar-refractivity contribution in [3.63, 3.8) is 0 Å². The molecule has 3 rings (SSSR count). The van der Waals surface area contributed by atoms with Gasteiger partial charge in [-0.25, -0.2) is 4.98 Å². The van der Waals surface area contributed by atoms with Gasteiger partial charge in [0.15, 0.2) is 0 Å². The first-order chi connectivity index (χ1) is 8.94. The number of phenols is 1. The van der Waals surface area contributed by atoms with Crippen LogP contribution in [0.2, 0.25) is 0 Å². The number of methoxy groups -OCH3 is 1. The highest BCUT2D eigenvalue weighted by Crippen LogP contribution is 2.40. The molecule has 0 bridgehead atoms. The Bertz CT molecular complexity index is 705. The molecule has 2 heterocycles. The van der Waals surface area contributed by atoms with Crippen LogP contribution in [-0.4, -0.2) is 28.8 Å². The van der Waals surface area contributed by atoms with E-state index < -0.39 is 5.79 Å². The van der Waals surface area contributed by atoms with Gasteiger partial charge in [0, 0.05) is 25.8 Å². The third kappa shape index (κ3) is 1.58. The highest BCUT2D eigenvalue weighted by molar-refractivity contribution is 6.13. The molecule has 0 saturated heterocycles. The summed E-state index contributed by atoms with van der Waals surface area (Å²) in [5, 5.41) is 11.1. The lowest BCUT2D eigenvalue weighted by Crippen LogP contribution is -2.46. The van der Waals surface area contributed by atoms with E-state index in [9.17, 15) is 9.90 Å². The van der Waals surface area contributed by atoms with E-state index in [1.54, 1.807) is 19.1 Å². The van der Waals surface area contributed by atoms with Crippen LogP contribution in [0.3, 0.4) is 0 Å². The summed E-state index contributed by atoms with van der Waals surface area (Å²) >= 11 is 0. The predicted octanol–water partition coefficient (Wildman–Crippen LogP) is 2.19. The molecule has 5 nitrogen and oxygen atoms in total. The van der Waals surface area contributed by atoms with Gasteiger partial charge in [-0.1, -0.05) is 0 Å². The number of aromatic hydroxyl groups is 1. The van der Waals surface area contributed by atoms with E-state index in [4.69, 9.17) is 9.47 Å². The van der Waals surface area contributed by atoms with Crippen LogP contribution in [0.4, 0.5) is 0 Å². The average molecular weight is 259 g/mol. The Morgan fingerprint density at radius 2 is 2.11 bits per heavy atom. The van der Waals surface area contributed by atoms with Gasteiger partial charge in [0.05, 0.1) is 5.39 Å². The molecule has 1 atom stereocenters. The molecule has 19 heavy (non-hydrogen) atoms. The number of aromatic nitrogens is 1. The second-order valence-electron chi connectivity index (χ2n) is 4.74. The van der Waals surface area contributed by atoms with Crippen LogP contribution in [0.1, 0.15) is 23.1 Å². The zero-order valence-corrected chi connectivity index (χ0v) is 10.9. The highest BCUT2D eigenvalue weighted by atomic mass is 16.7. The fourth-order valence-corrected chi connectivity index (χ4v) is 2.33. The Hall–Kier alpha value is -2.14. The normalized spacial score (nSPS) is 21.5. The highest BCUT2D eigenvalue weighted by Gasteiger charge is 2.43. The minimum Gasteiger partial charge on any atom is -0.508 e. The van der Waals surface area contributed by atoms with Crippen molar-refractivity contribution in [2.45, 2.75) is 19.6 Å². The van der Waals surface area contributed by atoms with Crippen molar-refractivity contribution >= 4 is 16.6 Å². The van der Waals surface area contributed by atoms with Crippen LogP contribution in [0.25, 0.3) is 10.8 Å². The van der Waals surface area contributed by atoms with Gasteiger partial charge in [0.25, 0.3) is 11.6 Å². The van der Waals surface area contributed by atoms with E-state index in [0.717, 1.165) is 5.39 Å². The maximum atomic E-state index is 12.4. The van der Waals surface area contributed by atoms with Crippen molar-refractivity contribution in [2.75, 3.05) is 7.11 Å². The van der Waals surface area contributed by atoms with E-state index in [1.165, 1.54) is 20.1 Å². The Labute approximate surface area is 109 Å². The summed E-state index contributed by atoms with van der Waals surface area (Å²) in [7, 11) is 1.40. The molecule has 0 fully saturated rings. The van der Waals surface area contributed by atoms with Gasteiger partial charge in [0.2, 0.25) is 0 Å². The molecule has 0 aliphatic carbocycles. The zero-order chi connectivity index (χ0) is 13.8. The summed E-state index contributed by atoms with van der Waals surface area (Å²) in [5.74, 6) is -1.25. The van der Waals surface area contributed by atoms with Crippen LogP contribution in [0.5, 0.6) is 11.5 Å². The number of phenolic OH excluding ortho intramolecular Hbond substituents is 1. The molecular formula is C14H13NO4. The molecule has 5 heteroatoms. The van der Waals surface area contributed by atoms with Gasteiger partial charge in [-0.15, -0.1) is 0 Å². The van der Waals surface area contributed by atoms with Gasteiger partial charge in [-0.2, -0.15) is 0 Å². The first-order valence-electron chi connectivity index (χ1n) is 5.88. The molecular weight excluding hydrogens is 246 g/mol. The monoisotopic (exact) mass is 259 g/mol. The second kappa shape index (κ2) is 3.68. The third-order valence-corrected chi connectivity index (χ3v) is 3.33. The number of ether oxygens (including phenoxy) is 2. The standard InChI is InChI=1S/C14H13NO4/c1-7-4-8-5-9(16)6-10-11(8)12(15-7)13(17)14(2,18-3)19-10/h4-6,16H,1-3H3/t14-/m0/s1. The first-order valence-corrected chi connectivity index (χ1v) is 5.88. The van der Waals surface area contributed by atoms with Gasteiger partial charge >= 0.3 is 0 Å². The largest absolute Gasteiger partial charge is 0.508 e. The fraction of sp³-hybridized carbons (Fsp3) is 0.286. The lowest BCUT2D eigenvalue weighted by molar-refractivity contribution is -0.114. The van der Waals surface area contributed by atoms with Crippen LogP contribution in [0, 0.1) is 6.92 Å². The predicted molar refractivity (Wildman–Crippen MR) is 68.5 cm³/mol. The number of Topliss-reactive ketones (excluding diaryl/α,β-unsaturated/α-hetero) is 1. The van der Waals surface area contributed by atoms with Crippen LogP contribution >= 0.6 is 0 Å². The average Bonchev–Trinajstić information content (AvgIpc) is 2.34. The lowest BCUT2D eigenvalue weighted by Gasteiger charge is -2.32. The minimum absolute atomic E-state index is 0.0758. The van der Waals surface area contributed by atoms with Crippen molar-refractivity contribution in [2.24, 2.45) is 0 Å². The molecule has 1 aromatic heterocycles. The number of ketones is 1. The first kappa shape index (κ1) is 11.9. The number of rotatable bonds is 1. The number of nitrogens with zero attached hydrogens (tertiary/aromatic N) is 1. The van der Waals surface area contributed by atoms with E-state index in [-0.39, 0.29) is 11.5 Å². The third-order valence-electron chi connectivity index (χ3n) is 3.33. The molecule has 0 spiro atoms. The molecule has 0 saturated carbocycles. The van der Waals surface area contributed by atoms with E-state index in [2.05, 4.69) is 4.98 Å². The van der Waals surface area contributed by atoms with Crippen molar-refractivity contribution in [3.05, 3.63) is 29.6 Å². The number of benzene rings is 1. The number of aryl methyl sites for hydroxylation is 1. The molecule has 1 aliphatic rings. The van der Waals surface area contributed by atoms with Crippen LogP contribution in [-0.2, 0) is 4.74 Å². The van der Waals surface area contributed by atoms with Crippen molar-refractivity contribution < 1.29 is 19.4 Å². The summed E-state index contributed by atoms with van der Waals surface area (Å²) in [6.07, 6.45) is 0. The van der Waals surface area contributed by atoms with Gasteiger partial charge in [-0.05, 0) is 24.4 Å². The van der Waals surface area contributed by atoms with Crippen LogP contribution in [0.15, 0.2) is 18.2 Å². The van der Waals surface area contributed by atoms with Crippen molar-refractivity contribution in [1.82, 2.24) is 4.98 Å². The van der Waals surface area contributed by atoms with Gasteiger partial charge in [0.1, 0.15) is 17.2 Å². The lowest BCUT2D eigenvalue weighted by atomic mass is 9.98. The fourth-order valence-electron chi connectivity index (χ4n) is 2.33. The number of pyridine rings is 1. The number of hydrogen-bond donors (Lipinski definition) is 1.